The van der Waals surface area contributed by atoms with Crippen LogP contribution >= 0.6 is 23.2 Å². The van der Waals surface area contributed by atoms with Gasteiger partial charge in [0.05, 0.1) is 39.0 Å². The number of pyridine rings is 1. The van der Waals surface area contributed by atoms with E-state index in [2.05, 4.69) is 15.5 Å². The number of aromatic nitrogens is 2. The van der Waals surface area contributed by atoms with Crippen LogP contribution < -0.4 is 5.32 Å². The number of furan rings is 1. The van der Waals surface area contributed by atoms with Crippen molar-refractivity contribution in [2.75, 3.05) is 6.61 Å². The first kappa shape index (κ1) is 21.9. The van der Waals surface area contributed by atoms with Gasteiger partial charge < -0.3 is 19.0 Å². The summed E-state index contributed by atoms with van der Waals surface area (Å²) in [5.74, 6) is -0.743. The van der Waals surface area contributed by atoms with Crippen LogP contribution in [0, 0.1) is 6.92 Å². The van der Waals surface area contributed by atoms with Crippen molar-refractivity contribution in [1.29, 1.82) is 0 Å². The van der Waals surface area contributed by atoms with Gasteiger partial charge in [0.1, 0.15) is 5.69 Å². The number of fused-ring (bicyclic) bond motifs is 1. The third-order valence-corrected chi connectivity index (χ3v) is 5.51. The maximum Gasteiger partial charge on any atom is 0.339 e. The molecule has 0 radical (unpaired) electrons. The Morgan fingerprint density at radius 1 is 1.19 bits per heavy atom. The van der Waals surface area contributed by atoms with E-state index in [4.69, 9.17) is 36.9 Å². The fourth-order valence-electron chi connectivity index (χ4n) is 3.16. The molecule has 1 aromatic carbocycles. The second kappa shape index (κ2) is 9.02. The van der Waals surface area contributed by atoms with E-state index in [1.165, 1.54) is 12.3 Å². The Bertz CT molecular complexity index is 1300. The first-order chi connectivity index (χ1) is 15.3. The second-order valence-corrected chi connectivity index (χ2v) is 7.83. The molecule has 0 saturated heterocycles. The van der Waals surface area contributed by atoms with Gasteiger partial charge in [-0.15, -0.1) is 0 Å². The molecule has 32 heavy (non-hydrogen) atoms. The largest absolute Gasteiger partial charge is 0.463 e. The molecule has 0 saturated carbocycles. The highest BCUT2D eigenvalue weighted by molar-refractivity contribution is 6.42. The highest BCUT2D eigenvalue weighted by Crippen LogP contribution is 2.28. The molecule has 1 atom stereocenters. The van der Waals surface area contributed by atoms with Gasteiger partial charge in [-0.25, -0.2) is 9.78 Å². The molecule has 164 valence electrons. The number of halogens is 2. The molecule has 8 nitrogen and oxygen atoms in total. The van der Waals surface area contributed by atoms with Gasteiger partial charge in [-0.1, -0.05) is 34.4 Å². The van der Waals surface area contributed by atoms with Gasteiger partial charge in [0, 0.05) is 0 Å². The lowest BCUT2D eigenvalue weighted by Crippen LogP contribution is -2.31. The Morgan fingerprint density at radius 3 is 2.72 bits per heavy atom. The smallest absolute Gasteiger partial charge is 0.339 e. The summed E-state index contributed by atoms with van der Waals surface area (Å²) in [5.41, 5.74) is 1.95. The number of rotatable bonds is 6. The summed E-state index contributed by atoms with van der Waals surface area (Å²) in [7, 11) is 0. The van der Waals surface area contributed by atoms with Gasteiger partial charge in [-0.05, 0) is 49.7 Å². The Morgan fingerprint density at radius 2 is 2.00 bits per heavy atom. The number of nitrogens with zero attached hydrogens (tertiary/aromatic N) is 2. The van der Waals surface area contributed by atoms with E-state index >= 15 is 0 Å². The molecule has 0 spiro atoms. The highest BCUT2D eigenvalue weighted by atomic mass is 35.5. The van der Waals surface area contributed by atoms with Crippen LogP contribution in [-0.2, 0) is 9.53 Å². The summed E-state index contributed by atoms with van der Waals surface area (Å²) < 4.78 is 15.8. The van der Waals surface area contributed by atoms with Crippen molar-refractivity contribution in [1.82, 2.24) is 15.5 Å². The first-order valence-corrected chi connectivity index (χ1v) is 10.3. The fourth-order valence-corrected chi connectivity index (χ4v) is 3.47. The van der Waals surface area contributed by atoms with Gasteiger partial charge in [-0.2, -0.15) is 0 Å². The number of benzene rings is 1. The lowest BCUT2D eigenvalue weighted by molar-refractivity contribution is -0.124. The van der Waals surface area contributed by atoms with Gasteiger partial charge in [-0.3, -0.25) is 4.79 Å². The molecule has 10 heteroatoms. The van der Waals surface area contributed by atoms with E-state index in [-0.39, 0.29) is 17.3 Å². The van der Waals surface area contributed by atoms with Crippen molar-refractivity contribution in [3.63, 3.8) is 0 Å². The quantitative estimate of drug-likeness (QED) is 0.386. The van der Waals surface area contributed by atoms with Gasteiger partial charge in [0.15, 0.2) is 12.4 Å². The average Bonchev–Trinajstić information content (AvgIpc) is 3.43. The van der Waals surface area contributed by atoms with Crippen molar-refractivity contribution in [2.24, 2.45) is 0 Å². The number of esters is 1. The van der Waals surface area contributed by atoms with E-state index < -0.39 is 18.5 Å². The van der Waals surface area contributed by atoms with Crippen molar-refractivity contribution in [2.45, 2.75) is 19.9 Å². The minimum absolute atomic E-state index is 0.168. The Kier molecular flexibility index (Phi) is 6.16. The second-order valence-electron chi connectivity index (χ2n) is 7.02. The van der Waals surface area contributed by atoms with Crippen LogP contribution in [0.15, 0.2) is 51.6 Å². The maximum atomic E-state index is 12.8. The molecular formula is C22H17Cl2N3O5. The van der Waals surface area contributed by atoms with Crippen molar-refractivity contribution in [3.05, 3.63) is 69.5 Å². The Balaban J connectivity index is 1.48. The molecule has 0 aliphatic carbocycles. The molecular weight excluding hydrogens is 457 g/mol. The SMILES string of the molecule is Cc1noc2nc(-c3ccco3)cc(C(=O)OCC(=O)NC(C)c3ccc(Cl)c(Cl)c3)c12. The number of carbonyl (C=O) groups is 2. The molecule has 0 aliphatic heterocycles. The van der Waals surface area contributed by atoms with Crippen LogP contribution in [0.4, 0.5) is 0 Å². The number of hydrogen-bond acceptors (Lipinski definition) is 7. The standard InChI is InChI=1S/C22H17Cl2N3O5/c1-11(13-5-6-15(23)16(24)8-13)25-19(28)10-31-22(29)14-9-17(18-4-3-7-30-18)26-21-20(14)12(2)27-32-21/h3-9,11H,10H2,1-2H3,(H,25,28). The fraction of sp³-hybridized carbons (Fsp3) is 0.182. The molecule has 1 unspecified atom stereocenters. The number of carbonyl (C=O) groups excluding carboxylic acids is 2. The normalized spacial score (nSPS) is 12.0. The van der Waals surface area contributed by atoms with E-state index in [0.717, 1.165) is 5.56 Å². The molecule has 1 N–H and O–H groups in total. The number of amides is 1. The number of hydrogen-bond donors (Lipinski definition) is 1. The van der Waals surface area contributed by atoms with Crippen molar-refractivity contribution in [3.8, 4) is 11.5 Å². The van der Waals surface area contributed by atoms with E-state index in [1.807, 2.05) is 0 Å². The van der Waals surface area contributed by atoms with Gasteiger partial charge in [0.25, 0.3) is 11.6 Å². The maximum absolute atomic E-state index is 12.8. The van der Waals surface area contributed by atoms with E-state index in [0.29, 0.717) is 32.6 Å². The summed E-state index contributed by atoms with van der Waals surface area (Å²) in [6, 6.07) is 9.62. The lowest BCUT2D eigenvalue weighted by Gasteiger charge is -2.15. The zero-order chi connectivity index (χ0) is 22.8. The molecule has 3 heterocycles. The number of aryl methyl sites for hydroxylation is 1. The summed E-state index contributed by atoms with van der Waals surface area (Å²) in [6.45, 7) is 2.99. The summed E-state index contributed by atoms with van der Waals surface area (Å²) in [6.07, 6.45) is 1.49. The van der Waals surface area contributed by atoms with Crippen LogP contribution in [0.1, 0.15) is 34.6 Å². The molecule has 0 bridgehead atoms. The molecule has 3 aromatic heterocycles. The van der Waals surface area contributed by atoms with Crippen LogP contribution in [0.5, 0.6) is 0 Å². The molecule has 4 rings (SSSR count). The first-order valence-electron chi connectivity index (χ1n) is 9.56. The minimum atomic E-state index is -0.714. The van der Waals surface area contributed by atoms with E-state index in [1.54, 1.807) is 44.2 Å². The van der Waals surface area contributed by atoms with Crippen LogP contribution in [-0.4, -0.2) is 28.6 Å². The average molecular weight is 474 g/mol. The highest BCUT2D eigenvalue weighted by Gasteiger charge is 2.22. The predicted octanol–water partition coefficient (Wildman–Crippen LogP) is 5.13. The van der Waals surface area contributed by atoms with Crippen molar-refractivity contribution < 1.29 is 23.3 Å². The monoisotopic (exact) mass is 473 g/mol. The van der Waals surface area contributed by atoms with Crippen LogP contribution in [0.2, 0.25) is 10.0 Å². The predicted molar refractivity (Wildman–Crippen MR) is 118 cm³/mol. The molecule has 1 amide bonds. The topological polar surface area (TPSA) is 107 Å². The van der Waals surface area contributed by atoms with Gasteiger partial charge in [0.2, 0.25) is 0 Å². The Labute approximate surface area is 192 Å². The number of nitrogens with one attached hydrogen (secondary N) is 1. The van der Waals surface area contributed by atoms with Crippen LogP contribution in [0.3, 0.4) is 0 Å². The number of ether oxygens (including phenoxy) is 1. The third-order valence-electron chi connectivity index (χ3n) is 4.77. The molecule has 0 aliphatic rings. The third kappa shape index (κ3) is 4.46. The zero-order valence-electron chi connectivity index (χ0n) is 17.0. The van der Waals surface area contributed by atoms with Crippen LogP contribution in [0.25, 0.3) is 22.6 Å². The summed E-state index contributed by atoms with van der Waals surface area (Å²) in [5, 5.41) is 7.84. The minimum Gasteiger partial charge on any atom is -0.463 e. The lowest BCUT2D eigenvalue weighted by atomic mass is 10.1. The van der Waals surface area contributed by atoms with Gasteiger partial charge >= 0.3 is 5.97 Å². The summed E-state index contributed by atoms with van der Waals surface area (Å²) in [4.78, 5) is 29.5. The summed E-state index contributed by atoms with van der Waals surface area (Å²) >= 11 is 12.0. The van der Waals surface area contributed by atoms with Crippen molar-refractivity contribution >= 4 is 46.2 Å². The molecule has 0 fully saturated rings. The zero-order valence-corrected chi connectivity index (χ0v) is 18.5. The Hall–Kier alpha value is -3.36. The molecule has 4 aromatic rings. The van der Waals surface area contributed by atoms with E-state index in [9.17, 15) is 9.59 Å².